The molecular weight excluding hydrogens is 610 g/mol. The summed E-state index contributed by atoms with van der Waals surface area (Å²) in [5.41, 5.74) is 1.83. The summed E-state index contributed by atoms with van der Waals surface area (Å²) in [6.07, 6.45) is 2.91. The van der Waals surface area contributed by atoms with E-state index >= 15 is 0 Å². The van der Waals surface area contributed by atoms with Crippen molar-refractivity contribution in [2.24, 2.45) is 20.4 Å². The smallest absolute Gasteiger partial charge is 0.857 e. The quantitative estimate of drug-likeness (QED) is 0.0946. The third-order valence-electron chi connectivity index (χ3n) is 5.21. The van der Waals surface area contributed by atoms with E-state index in [1.54, 1.807) is 87.0 Å². The van der Waals surface area contributed by atoms with Crippen molar-refractivity contribution in [3.05, 3.63) is 119 Å². The van der Waals surface area contributed by atoms with Gasteiger partial charge in [-0.05, 0) is 71.8 Å². The molecule has 0 aliphatic carbocycles. The molecule has 220 valence electrons. The van der Waals surface area contributed by atoms with Crippen molar-refractivity contribution in [2.75, 3.05) is 14.2 Å². The zero-order valence-corrected chi connectivity index (χ0v) is 26.5. The van der Waals surface area contributed by atoms with Gasteiger partial charge in [0.2, 0.25) is 0 Å². The molecule has 0 bridgehead atoms. The van der Waals surface area contributed by atoms with Gasteiger partial charge in [-0.2, -0.15) is 20.4 Å². The number of benzene rings is 4. The van der Waals surface area contributed by atoms with Gasteiger partial charge in [-0.3, -0.25) is 0 Å². The first kappa shape index (κ1) is 37.9. The van der Waals surface area contributed by atoms with Crippen LogP contribution >= 0.6 is 0 Å². The first-order chi connectivity index (χ1) is 19.4. The van der Waals surface area contributed by atoms with Gasteiger partial charge < -0.3 is 40.9 Å². The van der Waals surface area contributed by atoms with E-state index in [-0.39, 0.29) is 53.1 Å². The van der Waals surface area contributed by atoms with Crippen molar-refractivity contribution in [3.63, 3.8) is 0 Å². The molecule has 0 atom stereocenters. The van der Waals surface area contributed by atoms with E-state index in [0.29, 0.717) is 0 Å². The van der Waals surface area contributed by atoms with Gasteiger partial charge in [-0.15, -0.1) is 0 Å². The first-order valence-corrected chi connectivity index (χ1v) is 11.8. The molecule has 0 radical (unpaired) electrons. The second-order valence-electron chi connectivity index (χ2n) is 7.88. The SMILES string of the molecule is COc1ccc(/C=N\N=C(/[O-])c2ccccc2O)cc1.COc1ccc(/C=N\N=C(/[O-])c2ccccc2O)cc1.[OH3+].[OH3+].[Zn+2]. The molecule has 8 N–H and O–H groups in total. The molecule has 0 saturated carbocycles. The van der Waals surface area contributed by atoms with Crippen LogP contribution < -0.4 is 19.7 Å². The Hall–Kier alpha value is -5.10. The molecule has 0 aromatic heterocycles. The van der Waals surface area contributed by atoms with Gasteiger partial charge in [-0.1, -0.05) is 36.4 Å². The number of phenols is 2. The number of aromatic hydroxyl groups is 2. The minimum Gasteiger partial charge on any atom is -0.857 e. The summed E-state index contributed by atoms with van der Waals surface area (Å²) >= 11 is 0. The Bertz CT molecular complexity index is 1390. The van der Waals surface area contributed by atoms with E-state index in [9.17, 15) is 20.4 Å². The molecule has 4 aromatic rings. The van der Waals surface area contributed by atoms with Crippen molar-refractivity contribution in [3.8, 4) is 23.0 Å². The predicted octanol–water partition coefficient (Wildman–Crippen LogP) is 1.24. The Labute approximate surface area is 261 Å². The van der Waals surface area contributed by atoms with Crippen molar-refractivity contribution < 1.29 is 60.3 Å². The van der Waals surface area contributed by atoms with Gasteiger partial charge in [0.05, 0.1) is 26.6 Å². The molecule has 0 saturated heterocycles. The summed E-state index contributed by atoms with van der Waals surface area (Å²) in [5.74, 6) is 0.0799. The van der Waals surface area contributed by atoms with Crippen molar-refractivity contribution in [1.29, 1.82) is 0 Å². The number of hydrogen-bond acceptors (Lipinski definition) is 10. The van der Waals surface area contributed by atoms with Gasteiger partial charge in [0.1, 0.15) is 23.0 Å². The number of ether oxygens (including phenoxy) is 2. The van der Waals surface area contributed by atoms with E-state index in [0.717, 1.165) is 22.6 Å². The van der Waals surface area contributed by atoms with Gasteiger partial charge in [-0.25, -0.2) is 0 Å². The van der Waals surface area contributed by atoms with E-state index in [1.165, 1.54) is 36.7 Å². The van der Waals surface area contributed by atoms with Crippen LogP contribution in [0.5, 0.6) is 23.0 Å². The molecule has 12 nitrogen and oxygen atoms in total. The molecule has 0 aliphatic heterocycles. The van der Waals surface area contributed by atoms with Gasteiger partial charge >= 0.3 is 19.5 Å². The number of nitrogens with zero attached hydrogens (tertiary/aromatic N) is 4. The molecule has 0 unspecified atom stereocenters. The second-order valence-corrected chi connectivity index (χ2v) is 7.88. The predicted molar refractivity (Wildman–Crippen MR) is 160 cm³/mol. The monoisotopic (exact) mass is 640 g/mol. The van der Waals surface area contributed by atoms with Crippen LogP contribution in [0.3, 0.4) is 0 Å². The zero-order valence-electron chi connectivity index (χ0n) is 23.6. The molecule has 0 aliphatic rings. The Kier molecular flexibility index (Phi) is 17.5. The fourth-order valence-electron chi connectivity index (χ4n) is 3.09. The summed E-state index contributed by atoms with van der Waals surface area (Å²) in [5, 5.41) is 56.9. The fraction of sp³-hybridized carbons (Fsp3) is 0.0667. The van der Waals surface area contributed by atoms with Crippen LogP contribution in [0.25, 0.3) is 0 Å². The topological polar surface area (TPSA) is 220 Å². The molecule has 4 rings (SSSR count). The molecule has 0 spiro atoms. The third-order valence-corrected chi connectivity index (χ3v) is 5.21. The third kappa shape index (κ3) is 12.1. The molecule has 13 heteroatoms. The van der Waals surface area contributed by atoms with E-state index in [1.807, 2.05) is 0 Å². The molecular formula is C30H32N4O8Zn+2. The minimum atomic E-state index is -0.590. The number of hydrogen-bond donors (Lipinski definition) is 2. The van der Waals surface area contributed by atoms with Crippen LogP contribution in [-0.2, 0) is 30.4 Å². The van der Waals surface area contributed by atoms with Crippen molar-refractivity contribution >= 4 is 24.2 Å². The Balaban J connectivity index is 0.000000767. The maximum absolute atomic E-state index is 11.7. The van der Waals surface area contributed by atoms with Crippen LogP contribution in [0.4, 0.5) is 0 Å². The number of methoxy groups -OCH3 is 2. The Morgan fingerprint density at radius 1 is 0.581 bits per heavy atom. The maximum atomic E-state index is 11.7. The standard InChI is InChI=1S/2C15H14N2O3.2H2O.Zn/c2*1-20-12-8-6-11(7-9-12)10-16-17-15(19)13-4-2-3-5-14(13)18;;;/h2*2-10,18H,1H3,(H,17,19);2*1H2;/q;;;;+2/b2*16-10-;;;. The molecule has 0 heterocycles. The molecule has 0 fully saturated rings. The van der Waals surface area contributed by atoms with Crippen molar-refractivity contribution in [2.45, 2.75) is 0 Å². The van der Waals surface area contributed by atoms with Crippen LogP contribution in [0, 0.1) is 0 Å². The average Bonchev–Trinajstić information content (AvgIpc) is 2.98. The summed E-state index contributed by atoms with van der Waals surface area (Å²) in [6, 6.07) is 26.7. The summed E-state index contributed by atoms with van der Waals surface area (Å²) in [4.78, 5) is 0. The normalized spacial score (nSPS) is 10.9. The summed E-state index contributed by atoms with van der Waals surface area (Å²) in [7, 11) is 3.17. The van der Waals surface area contributed by atoms with Gasteiger partial charge in [0, 0.05) is 22.9 Å². The summed E-state index contributed by atoms with van der Waals surface area (Å²) in [6.45, 7) is 0. The maximum Gasteiger partial charge on any atom is 2.00 e. The Morgan fingerprint density at radius 2 is 0.907 bits per heavy atom. The largest absolute Gasteiger partial charge is 2.00 e. The number of para-hydroxylation sites is 2. The van der Waals surface area contributed by atoms with Crippen molar-refractivity contribution in [1.82, 2.24) is 0 Å². The van der Waals surface area contributed by atoms with Crippen LogP contribution in [0.2, 0.25) is 0 Å². The minimum absolute atomic E-state index is 0. The first-order valence-electron chi connectivity index (χ1n) is 11.8. The van der Waals surface area contributed by atoms with Crippen LogP contribution in [-0.4, -0.2) is 48.7 Å². The van der Waals surface area contributed by atoms with E-state index < -0.39 is 11.8 Å². The second kappa shape index (κ2) is 19.9. The number of phenolic OH excluding ortho intramolecular Hbond substituents is 2. The molecule has 43 heavy (non-hydrogen) atoms. The van der Waals surface area contributed by atoms with Gasteiger partial charge in [0.15, 0.2) is 0 Å². The average molecular weight is 642 g/mol. The van der Waals surface area contributed by atoms with Crippen LogP contribution in [0.1, 0.15) is 22.3 Å². The number of rotatable bonds is 8. The zero-order chi connectivity index (χ0) is 28.7. The summed E-state index contributed by atoms with van der Waals surface area (Å²) < 4.78 is 10.1. The van der Waals surface area contributed by atoms with E-state index in [4.69, 9.17) is 9.47 Å². The van der Waals surface area contributed by atoms with E-state index in [2.05, 4.69) is 20.4 Å². The Morgan fingerprint density at radius 3 is 1.21 bits per heavy atom. The molecule has 0 amide bonds. The van der Waals surface area contributed by atoms with Gasteiger partial charge in [0.25, 0.3) is 0 Å². The van der Waals surface area contributed by atoms with Crippen LogP contribution in [0.15, 0.2) is 117 Å². The fourth-order valence-corrected chi connectivity index (χ4v) is 3.09. The molecule has 4 aromatic carbocycles.